The summed E-state index contributed by atoms with van der Waals surface area (Å²) in [4.78, 5) is 19.2. The highest BCUT2D eigenvalue weighted by atomic mass is 19.1. The number of aromatic nitrogens is 2. The molecule has 2 heterocycles. The van der Waals surface area contributed by atoms with Gasteiger partial charge in [0, 0.05) is 45.1 Å². The van der Waals surface area contributed by atoms with Gasteiger partial charge in [-0.2, -0.15) is 0 Å². The van der Waals surface area contributed by atoms with Crippen LogP contribution in [-0.2, 0) is 7.05 Å². The summed E-state index contributed by atoms with van der Waals surface area (Å²) in [5.41, 5.74) is 8.39. The quantitative estimate of drug-likeness (QED) is 0.435. The molecule has 3 N–H and O–H groups in total. The lowest BCUT2D eigenvalue weighted by molar-refractivity contribution is 0.204. The zero-order valence-electron chi connectivity index (χ0n) is 20.4. The average molecular weight is 481 g/mol. The SMILES string of the molecule is COc1cccc(C(NC(=O)N(C)CCCC2CC(c3cccc(F)c3)NN2)c2nccn2C)c1. The number of carbonyl (C=O) groups is 1. The van der Waals surface area contributed by atoms with Gasteiger partial charge in [0.2, 0.25) is 0 Å². The number of imidazole rings is 1. The lowest BCUT2D eigenvalue weighted by Gasteiger charge is -2.24. The fraction of sp³-hybridized carbons (Fsp3) is 0.385. The molecule has 1 fully saturated rings. The molecule has 3 unspecified atom stereocenters. The first-order valence-corrected chi connectivity index (χ1v) is 11.8. The van der Waals surface area contributed by atoms with Crippen molar-refractivity contribution in [1.29, 1.82) is 0 Å². The van der Waals surface area contributed by atoms with Crippen LogP contribution in [0.2, 0.25) is 0 Å². The first kappa shape index (κ1) is 24.7. The maximum atomic E-state index is 13.5. The molecule has 0 radical (unpaired) electrons. The van der Waals surface area contributed by atoms with Crippen molar-refractivity contribution in [2.75, 3.05) is 20.7 Å². The zero-order valence-corrected chi connectivity index (χ0v) is 20.4. The molecule has 2 aromatic carbocycles. The van der Waals surface area contributed by atoms with Gasteiger partial charge in [-0.05, 0) is 54.7 Å². The van der Waals surface area contributed by atoms with Crippen LogP contribution in [0.1, 0.15) is 48.3 Å². The van der Waals surface area contributed by atoms with E-state index in [1.54, 1.807) is 37.4 Å². The van der Waals surface area contributed by atoms with Gasteiger partial charge >= 0.3 is 6.03 Å². The molecule has 0 bridgehead atoms. The molecule has 1 aliphatic heterocycles. The number of amides is 2. The monoisotopic (exact) mass is 480 g/mol. The number of rotatable bonds is 9. The summed E-state index contributed by atoms with van der Waals surface area (Å²) in [6, 6.07) is 14.1. The van der Waals surface area contributed by atoms with E-state index in [0.717, 1.165) is 42.0 Å². The highest BCUT2D eigenvalue weighted by Crippen LogP contribution is 2.26. The number of ether oxygens (including phenoxy) is 1. The van der Waals surface area contributed by atoms with Crippen LogP contribution in [0.25, 0.3) is 0 Å². The highest BCUT2D eigenvalue weighted by Gasteiger charge is 2.26. The lowest BCUT2D eigenvalue weighted by atomic mass is 9.99. The average Bonchev–Trinajstić information content (AvgIpc) is 3.51. The third-order valence-corrected chi connectivity index (χ3v) is 6.44. The van der Waals surface area contributed by atoms with Crippen LogP contribution in [0.5, 0.6) is 5.75 Å². The van der Waals surface area contributed by atoms with Crippen LogP contribution in [-0.4, -0.2) is 47.2 Å². The van der Waals surface area contributed by atoms with E-state index in [2.05, 4.69) is 21.2 Å². The van der Waals surface area contributed by atoms with E-state index < -0.39 is 6.04 Å². The van der Waals surface area contributed by atoms with E-state index in [1.165, 1.54) is 6.07 Å². The lowest BCUT2D eigenvalue weighted by Crippen LogP contribution is -2.41. The Morgan fingerprint density at radius 3 is 2.86 bits per heavy atom. The Hall–Kier alpha value is -3.43. The van der Waals surface area contributed by atoms with Gasteiger partial charge in [0.1, 0.15) is 23.4 Å². The van der Waals surface area contributed by atoms with Crippen molar-refractivity contribution in [3.63, 3.8) is 0 Å². The topological polar surface area (TPSA) is 83.4 Å². The van der Waals surface area contributed by atoms with Crippen molar-refractivity contribution >= 4 is 6.03 Å². The minimum atomic E-state index is -0.409. The molecule has 0 spiro atoms. The molecule has 0 saturated carbocycles. The molecule has 3 atom stereocenters. The van der Waals surface area contributed by atoms with Gasteiger partial charge in [0.05, 0.1) is 7.11 Å². The van der Waals surface area contributed by atoms with E-state index in [9.17, 15) is 9.18 Å². The molecule has 9 heteroatoms. The van der Waals surface area contributed by atoms with Gasteiger partial charge in [-0.25, -0.2) is 14.2 Å². The molecule has 1 saturated heterocycles. The molecule has 186 valence electrons. The minimum Gasteiger partial charge on any atom is -0.497 e. The van der Waals surface area contributed by atoms with Gasteiger partial charge in [0.25, 0.3) is 0 Å². The molecule has 0 aliphatic carbocycles. The number of hydrazine groups is 1. The van der Waals surface area contributed by atoms with Crippen molar-refractivity contribution in [3.05, 3.63) is 83.7 Å². The predicted octanol–water partition coefficient (Wildman–Crippen LogP) is 3.69. The van der Waals surface area contributed by atoms with Crippen LogP contribution in [0, 0.1) is 5.82 Å². The summed E-state index contributed by atoms with van der Waals surface area (Å²) in [5, 5.41) is 3.12. The van der Waals surface area contributed by atoms with Crippen LogP contribution < -0.4 is 20.9 Å². The van der Waals surface area contributed by atoms with Gasteiger partial charge in [-0.1, -0.05) is 24.3 Å². The summed E-state index contributed by atoms with van der Waals surface area (Å²) in [6.45, 7) is 0.611. The van der Waals surface area contributed by atoms with Crippen molar-refractivity contribution < 1.29 is 13.9 Å². The molecular formula is C26H33FN6O2. The largest absolute Gasteiger partial charge is 0.497 e. The summed E-state index contributed by atoms with van der Waals surface area (Å²) in [6.07, 6.45) is 6.19. The Bertz CT molecular complexity index is 1140. The Morgan fingerprint density at radius 2 is 2.11 bits per heavy atom. The van der Waals surface area contributed by atoms with Crippen molar-refractivity contribution in [3.8, 4) is 5.75 Å². The third-order valence-electron chi connectivity index (χ3n) is 6.44. The Morgan fingerprint density at radius 1 is 1.29 bits per heavy atom. The van der Waals surface area contributed by atoms with E-state index in [1.807, 2.05) is 48.1 Å². The number of urea groups is 1. The molecular weight excluding hydrogens is 447 g/mol. The van der Waals surface area contributed by atoms with E-state index >= 15 is 0 Å². The van der Waals surface area contributed by atoms with Gasteiger partial charge in [0.15, 0.2) is 0 Å². The van der Waals surface area contributed by atoms with Crippen molar-refractivity contribution in [2.24, 2.45) is 7.05 Å². The molecule has 3 aromatic rings. The number of methoxy groups -OCH3 is 1. The Kier molecular flexibility index (Phi) is 7.99. The number of aryl methyl sites for hydroxylation is 1. The minimum absolute atomic E-state index is 0.0816. The van der Waals surface area contributed by atoms with Gasteiger partial charge < -0.3 is 19.5 Å². The summed E-state index contributed by atoms with van der Waals surface area (Å²) in [7, 11) is 5.33. The molecule has 8 nitrogen and oxygen atoms in total. The number of benzene rings is 2. The van der Waals surface area contributed by atoms with Crippen molar-refractivity contribution in [2.45, 2.75) is 37.4 Å². The van der Waals surface area contributed by atoms with E-state index in [-0.39, 0.29) is 23.9 Å². The number of nitrogens with zero attached hydrogens (tertiary/aromatic N) is 3. The zero-order chi connectivity index (χ0) is 24.8. The maximum Gasteiger partial charge on any atom is 0.317 e. The summed E-state index contributed by atoms with van der Waals surface area (Å²) >= 11 is 0. The van der Waals surface area contributed by atoms with Crippen molar-refractivity contribution in [1.82, 2.24) is 30.6 Å². The normalized spacial score (nSPS) is 18.3. The van der Waals surface area contributed by atoms with E-state index in [4.69, 9.17) is 4.74 Å². The summed E-state index contributed by atoms with van der Waals surface area (Å²) in [5.74, 6) is 1.24. The number of carbonyl (C=O) groups excluding carboxylic acids is 1. The second-order valence-corrected chi connectivity index (χ2v) is 8.95. The molecule has 4 rings (SSSR count). The van der Waals surface area contributed by atoms with E-state index in [0.29, 0.717) is 6.54 Å². The number of nitrogens with one attached hydrogen (secondary N) is 3. The first-order valence-electron chi connectivity index (χ1n) is 11.8. The second-order valence-electron chi connectivity index (χ2n) is 8.95. The second kappa shape index (κ2) is 11.3. The van der Waals surface area contributed by atoms with Gasteiger partial charge in [-0.15, -0.1) is 0 Å². The fourth-order valence-electron chi connectivity index (χ4n) is 4.44. The Labute approximate surface area is 205 Å². The van der Waals surface area contributed by atoms with Gasteiger partial charge in [-0.3, -0.25) is 10.9 Å². The molecule has 1 aliphatic rings. The smallest absolute Gasteiger partial charge is 0.317 e. The molecule has 35 heavy (non-hydrogen) atoms. The van der Waals surface area contributed by atoms with Crippen LogP contribution in [0.3, 0.4) is 0 Å². The summed E-state index contributed by atoms with van der Waals surface area (Å²) < 4.78 is 20.8. The fourth-order valence-corrected chi connectivity index (χ4v) is 4.44. The first-order chi connectivity index (χ1) is 16.9. The maximum absolute atomic E-state index is 13.5. The molecule has 1 aromatic heterocycles. The Balaban J connectivity index is 1.31. The van der Waals surface area contributed by atoms with Crippen LogP contribution in [0.15, 0.2) is 60.9 Å². The van der Waals surface area contributed by atoms with Crippen LogP contribution in [0.4, 0.5) is 9.18 Å². The number of hydrogen-bond acceptors (Lipinski definition) is 5. The number of hydrogen-bond donors (Lipinski definition) is 3. The highest BCUT2D eigenvalue weighted by molar-refractivity contribution is 5.74. The standard InChI is InChI=1S/C26H33FN6O2/c1-32-14-12-28-25(32)24(19-8-5-11-22(16-19)35-3)29-26(34)33(2)13-6-10-21-17-23(31-30-21)18-7-4-9-20(27)15-18/h4-5,7-9,11-12,14-16,21,23-24,30-31H,6,10,13,17H2,1-3H3,(H,29,34). The number of halogens is 1. The third kappa shape index (κ3) is 6.17. The molecule has 2 amide bonds. The predicted molar refractivity (Wildman–Crippen MR) is 132 cm³/mol. The van der Waals surface area contributed by atoms with Crippen LogP contribution >= 0.6 is 0 Å².